The Morgan fingerprint density at radius 2 is 1.86 bits per heavy atom. The van der Waals surface area contributed by atoms with Crippen LogP contribution in [-0.4, -0.2) is 5.54 Å². The van der Waals surface area contributed by atoms with Gasteiger partial charge in [-0.15, -0.1) is 0 Å². The molecule has 2 aromatic rings. The smallest absolute Gasteiger partial charge is 0.0417 e. The first-order valence-electron chi connectivity index (χ1n) is 7.11. The van der Waals surface area contributed by atoms with Crippen molar-refractivity contribution in [1.29, 1.82) is 0 Å². The maximum absolute atomic E-state index is 6.17. The van der Waals surface area contributed by atoms with Crippen LogP contribution in [0.25, 0.3) is 0 Å². The van der Waals surface area contributed by atoms with E-state index in [2.05, 4.69) is 63.3 Å². The first-order chi connectivity index (χ1) is 9.83. The third-order valence-corrected chi connectivity index (χ3v) is 4.38. The van der Waals surface area contributed by atoms with Gasteiger partial charge in [0.15, 0.2) is 0 Å². The van der Waals surface area contributed by atoms with E-state index >= 15 is 0 Å². The second kappa shape index (κ2) is 6.87. The quantitative estimate of drug-likeness (QED) is 0.777. The first-order valence-corrected chi connectivity index (χ1v) is 8.31. The van der Waals surface area contributed by atoms with Gasteiger partial charge >= 0.3 is 0 Å². The minimum absolute atomic E-state index is 0.102. The molecule has 2 rings (SSSR count). The molecule has 0 aliphatic carbocycles. The third-order valence-electron chi connectivity index (χ3n) is 3.06. The molecule has 0 aromatic heterocycles. The van der Waals surface area contributed by atoms with Crippen molar-refractivity contribution in [3.05, 3.63) is 58.6 Å². The van der Waals surface area contributed by atoms with E-state index in [1.165, 1.54) is 20.9 Å². The van der Waals surface area contributed by atoms with E-state index in [1.54, 1.807) is 11.8 Å². The molecule has 2 aromatic carbocycles. The summed E-state index contributed by atoms with van der Waals surface area (Å²) in [6.07, 6.45) is 0. The molecule has 0 aliphatic heterocycles. The summed E-state index contributed by atoms with van der Waals surface area (Å²) in [7, 11) is 0. The Balaban J connectivity index is 2.23. The largest absolute Gasteiger partial charge is 0.308 e. The molecule has 0 bridgehead atoms. The van der Waals surface area contributed by atoms with Gasteiger partial charge in [0.1, 0.15) is 0 Å². The first kappa shape index (κ1) is 16.4. The van der Waals surface area contributed by atoms with Crippen LogP contribution in [0.5, 0.6) is 0 Å². The van der Waals surface area contributed by atoms with Crippen molar-refractivity contribution in [2.24, 2.45) is 0 Å². The predicted molar refractivity (Wildman–Crippen MR) is 93.3 cm³/mol. The molecular formula is C18H22ClNS. The maximum Gasteiger partial charge on any atom is 0.0417 e. The standard InChI is InChI=1S/C18H22ClNS/c1-13-6-5-7-16(10-13)21-17-11-15(19)9-8-14(17)12-20-18(2,3)4/h5-11,20H,12H2,1-4H3. The molecule has 0 atom stereocenters. The van der Waals surface area contributed by atoms with E-state index in [0.717, 1.165) is 11.6 Å². The van der Waals surface area contributed by atoms with Crippen LogP contribution < -0.4 is 5.32 Å². The van der Waals surface area contributed by atoms with Crippen LogP contribution in [0.3, 0.4) is 0 Å². The average Bonchev–Trinajstić information content (AvgIpc) is 2.36. The normalized spacial score (nSPS) is 11.7. The van der Waals surface area contributed by atoms with E-state index < -0.39 is 0 Å². The van der Waals surface area contributed by atoms with Crippen LogP contribution in [0.2, 0.25) is 5.02 Å². The molecule has 0 saturated carbocycles. The summed E-state index contributed by atoms with van der Waals surface area (Å²) >= 11 is 7.94. The zero-order valence-electron chi connectivity index (χ0n) is 13.0. The number of rotatable bonds is 4. The number of aryl methyl sites for hydroxylation is 1. The van der Waals surface area contributed by atoms with Crippen LogP contribution in [0.1, 0.15) is 31.9 Å². The SMILES string of the molecule is Cc1cccc(Sc2cc(Cl)ccc2CNC(C)(C)C)c1. The lowest BCUT2D eigenvalue weighted by Gasteiger charge is -2.21. The van der Waals surface area contributed by atoms with Crippen molar-refractivity contribution < 1.29 is 0 Å². The summed E-state index contributed by atoms with van der Waals surface area (Å²) in [6, 6.07) is 14.7. The maximum atomic E-state index is 6.17. The van der Waals surface area contributed by atoms with Gasteiger partial charge in [0, 0.05) is 26.9 Å². The van der Waals surface area contributed by atoms with Crippen LogP contribution in [0.4, 0.5) is 0 Å². The van der Waals surface area contributed by atoms with Gasteiger partial charge in [0.2, 0.25) is 0 Å². The van der Waals surface area contributed by atoms with Crippen LogP contribution in [-0.2, 0) is 6.54 Å². The van der Waals surface area contributed by atoms with Gasteiger partial charge in [-0.05, 0) is 57.5 Å². The van der Waals surface area contributed by atoms with Crippen molar-refractivity contribution in [3.63, 3.8) is 0 Å². The lowest BCUT2D eigenvalue weighted by molar-refractivity contribution is 0.422. The molecular weight excluding hydrogens is 298 g/mol. The highest BCUT2D eigenvalue weighted by molar-refractivity contribution is 7.99. The van der Waals surface area contributed by atoms with Crippen LogP contribution >= 0.6 is 23.4 Å². The number of halogens is 1. The molecule has 0 saturated heterocycles. The predicted octanol–water partition coefficient (Wildman–Crippen LogP) is 5.69. The lowest BCUT2D eigenvalue weighted by atomic mass is 10.1. The fourth-order valence-corrected chi connectivity index (χ4v) is 3.27. The van der Waals surface area contributed by atoms with Crippen molar-refractivity contribution in [2.45, 2.75) is 49.6 Å². The molecule has 0 amide bonds. The topological polar surface area (TPSA) is 12.0 Å². The van der Waals surface area contributed by atoms with Gasteiger partial charge in [-0.1, -0.05) is 47.1 Å². The minimum atomic E-state index is 0.102. The Hall–Kier alpha value is -0.960. The Kier molecular flexibility index (Phi) is 5.37. The number of nitrogens with one attached hydrogen (secondary N) is 1. The van der Waals surface area contributed by atoms with E-state index in [4.69, 9.17) is 11.6 Å². The molecule has 0 fully saturated rings. The Morgan fingerprint density at radius 1 is 1.10 bits per heavy atom. The molecule has 0 radical (unpaired) electrons. The monoisotopic (exact) mass is 319 g/mol. The molecule has 112 valence electrons. The van der Waals surface area contributed by atoms with E-state index in [9.17, 15) is 0 Å². The fourth-order valence-electron chi connectivity index (χ4n) is 1.94. The lowest BCUT2D eigenvalue weighted by Crippen LogP contribution is -2.35. The second-order valence-electron chi connectivity index (χ2n) is 6.27. The summed E-state index contributed by atoms with van der Waals surface area (Å²) in [5.74, 6) is 0. The van der Waals surface area contributed by atoms with Gasteiger partial charge < -0.3 is 5.32 Å². The highest BCUT2D eigenvalue weighted by Crippen LogP contribution is 2.33. The highest BCUT2D eigenvalue weighted by atomic mass is 35.5. The van der Waals surface area contributed by atoms with Crippen molar-refractivity contribution >= 4 is 23.4 Å². The van der Waals surface area contributed by atoms with Gasteiger partial charge in [0.25, 0.3) is 0 Å². The summed E-state index contributed by atoms with van der Waals surface area (Å²) in [6.45, 7) is 9.49. The third kappa shape index (κ3) is 5.39. The summed E-state index contributed by atoms with van der Waals surface area (Å²) in [5.41, 5.74) is 2.66. The van der Waals surface area contributed by atoms with Crippen LogP contribution in [0, 0.1) is 6.92 Å². The number of hydrogen-bond acceptors (Lipinski definition) is 2. The van der Waals surface area contributed by atoms with Crippen molar-refractivity contribution in [1.82, 2.24) is 5.32 Å². The van der Waals surface area contributed by atoms with E-state index in [1.807, 2.05) is 12.1 Å². The molecule has 3 heteroatoms. The zero-order chi connectivity index (χ0) is 15.5. The van der Waals surface area contributed by atoms with Gasteiger partial charge in [0.05, 0.1) is 0 Å². The molecule has 0 unspecified atom stereocenters. The second-order valence-corrected chi connectivity index (χ2v) is 7.83. The Bertz CT molecular complexity index is 617. The fraction of sp³-hybridized carbons (Fsp3) is 0.333. The molecule has 1 nitrogen and oxygen atoms in total. The van der Waals surface area contributed by atoms with Crippen molar-refractivity contribution in [2.75, 3.05) is 0 Å². The molecule has 0 heterocycles. The summed E-state index contributed by atoms with van der Waals surface area (Å²) in [4.78, 5) is 2.46. The highest BCUT2D eigenvalue weighted by Gasteiger charge is 2.11. The Morgan fingerprint density at radius 3 is 2.52 bits per heavy atom. The van der Waals surface area contributed by atoms with Gasteiger partial charge in [-0.2, -0.15) is 0 Å². The number of hydrogen-bond donors (Lipinski definition) is 1. The molecule has 1 N–H and O–H groups in total. The van der Waals surface area contributed by atoms with Crippen molar-refractivity contribution in [3.8, 4) is 0 Å². The molecule has 0 aliphatic rings. The molecule has 21 heavy (non-hydrogen) atoms. The summed E-state index contributed by atoms with van der Waals surface area (Å²) in [5, 5.41) is 4.32. The minimum Gasteiger partial charge on any atom is -0.308 e. The molecule has 0 spiro atoms. The number of benzene rings is 2. The zero-order valence-corrected chi connectivity index (χ0v) is 14.6. The van der Waals surface area contributed by atoms with Gasteiger partial charge in [-0.25, -0.2) is 0 Å². The summed E-state index contributed by atoms with van der Waals surface area (Å²) < 4.78 is 0. The van der Waals surface area contributed by atoms with Crippen LogP contribution in [0.15, 0.2) is 52.3 Å². The Labute approximate surface area is 137 Å². The average molecular weight is 320 g/mol. The van der Waals surface area contributed by atoms with E-state index in [0.29, 0.717) is 0 Å². The van der Waals surface area contributed by atoms with Gasteiger partial charge in [-0.3, -0.25) is 0 Å². The van der Waals surface area contributed by atoms with E-state index in [-0.39, 0.29) is 5.54 Å².